The molecule has 2 aromatic rings. The Bertz CT molecular complexity index is 980. The van der Waals surface area contributed by atoms with Gasteiger partial charge in [0, 0.05) is 6.42 Å². The predicted octanol–water partition coefficient (Wildman–Crippen LogP) is 8.18. The molecule has 5 heteroatoms. The molecule has 0 spiro atoms. The van der Waals surface area contributed by atoms with Crippen LogP contribution in [0.4, 0.5) is 0 Å². The molecule has 1 aliphatic rings. The lowest BCUT2D eigenvalue weighted by molar-refractivity contribution is -0.158. The molecular weight excluding hydrogens is 522 g/mol. The van der Waals surface area contributed by atoms with Crippen LogP contribution in [0.1, 0.15) is 104 Å². The van der Waals surface area contributed by atoms with Gasteiger partial charge in [-0.3, -0.25) is 4.90 Å². The van der Waals surface area contributed by atoms with Crippen LogP contribution < -0.4 is 0 Å². The van der Waals surface area contributed by atoms with Crippen molar-refractivity contribution in [2.45, 2.75) is 136 Å². The molecule has 1 saturated carbocycles. The Morgan fingerprint density at radius 1 is 0.738 bits per heavy atom. The topological polar surface area (TPSA) is 51.2 Å². The first kappa shape index (κ1) is 34.7. The smallest absolute Gasteiger partial charge is 0.102 e. The molecule has 1 aliphatic carbocycles. The van der Waals surface area contributed by atoms with E-state index in [9.17, 15) is 5.11 Å². The van der Waals surface area contributed by atoms with Crippen molar-refractivity contribution in [3.8, 4) is 0 Å². The first-order valence-corrected chi connectivity index (χ1v) is 16.5. The molecule has 0 aromatic heterocycles. The van der Waals surface area contributed by atoms with Crippen LogP contribution in [0.2, 0.25) is 0 Å². The van der Waals surface area contributed by atoms with Gasteiger partial charge in [0.2, 0.25) is 0 Å². The zero-order valence-electron chi connectivity index (χ0n) is 27.4. The van der Waals surface area contributed by atoms with Crippen molar-refractivity contribution >= 4 is 0 Å². The molecular formula is C37H59NO4. The van der Waals surface area contributed by atoms with Gasteiger partial charge in [-0.1, -0.05) is 127 Å². The minimum Gasteiger partial charge on any atom is -0.387 e. The average molecular weight is 582 g/mol. The standard InChI is InChI=1S/C37H59NO4/c1-7-9-11-12-19-25-38(6)34-32(40-27-30-20-15-13-16-21-30)26-33(41-28-31-22-17-14-18-23-31)35(34)42-29-37(5,39)36(3,4)24-10-8-2/h13-18,20-23,32-35,39H,7-12,19,24-29H2,1-6H3/t32-,33+,34+,35+,37?/m1/s1. The Hall–Kier alpha value is -1.76. The van der Waals surface area contributed by atoms with Gasteiger partial charge in [0.1, 0.15) is 6.10 Å². The summed E-state index contributed by atoms with van der Waals surface area (Å²) in [5.41, 5.74) is 1.10. The van der Waals surface area contributed by atoms with Crippen molar-refractivity contribution in [1.29, 1.82) is 0 Å². The fraction of sp³-hybridized carbons (Fsp3) is 0.676. The van der Waals surface area contributed by atoms with Gasteiger partial charge in [-0.05, 0) is 49.9 Å². The third-order valence-electron chi connectivity index (χ3n) is 9.46. The van der Waals surface area contributed by atoms with E-state index in [1.54, 1.807) is 0 Å². The fourth-order valence-corrected chi connectivity index (χ4v) is 6.01. The summed E-state index contributed by atoms with van der Waals surface area (Å²) in [4.78, 5) is 2.44. The molecule has 0 amide bonds. The highest BCUT2D eigenvalue weighted by Gasteiger charge is 2.49. The summed E-state index contributed by atoms with van der Waals surface area (Å²) in [6, 6.07) is 20.8. The van der Waals surface area contributed by atoms with E-state index >= 15 is 0 Å². The largest absolute Gasteiger partial charge is 0.387 e. The van der Waals surface area contributed by atoms with Gasteiger partial charge < -0.3 is 19.3 Å². The molecule has 42 heavy (non-hydrogen) atoms. The van der Waals surface area contributed by atoms with Crippen molar-refractivity contribution in [3.05, 3.63) is 71.8 Å². The molecule has 0 bridgehead atoms. The molecule has 2 aromatic carbocycles. The van der Waals surface area contributed by atoms with Gasteiger partial charge >= 0.3 is 0 Å². The van der Waals surface area contributed by atoms with Crippen LogP contribution >= 0.6 is 0 Å². The third-order valence-corrected chi connectivity index (χ3v) is 9.46. The molecule has 0 heterocycles. The maximum atomic E-state index is 11.7. The second-order valence-corrected chi connectivity index (χ2v) is 13.3. The number of rotatable bonds is 20. The number of aliphatic hydroxyl groups is 1. The van der Waals surface area contributed by atoms with E-state index in [0.717, 1.165) is 44.2 Å². The summed E-state index contributed by atoms with van der Waals surface area (Å²) < 4.78 is 20.1. The number of ether oxygens (including phenoxy) is 3. The second-order valence-electron chi connectivity index (χ2n) is 13.3. The number of likely N-dealkylation sites (N-methyl/N-ethyl adjacent to an activating group) is 1. The van der Waals surface area contributed by atoms with E-state index in [2.05, 4.69) is 88.2 Å². The van der Waals surface area contributed by atoms with Crippen molar-refractivity contribution in [2.24, 2.45) is 5.41 Å². The Morgan fingerprint density at radius 3 is 1.86 bits per heavy atom. The van der Waals surface area contributed by atoms with Crippen LogP contribution in [0.25, 0.3) is 0 Å². The monoisotopic (exact) mass is 581 g/mol. The lowest BCUT2D eigenvalue weighted by Crippen LogP contribution is -2.52. The van der Waals surface area contributed by atoms with Crippen molar-refractivity contribution in [1.82, 2.24) is 4.90 Å². The summed E-state index contributed by atoms with van der Waals surface area (Å²) in [6.07, 6.45) is 9.77. The molecule has 1 unspecified atom stereocenters. The van der Waals surface area contributed by atoms with Crippen LogP contribution in [0.15, 0.2) is 60.7 Å². The van der Waals surface area contributed by atoms with Crippen LogP contribution in [0.3, 0.4) is 0 Å². The summed E-state index contributed by atoms with van der Waals surface area (Å²) in [5.74, 6) is 0. The van der Waals surface area contributed by atoms with E-state index < -0.39 is 5.60 Å². The number of hydrogen-bond donors (Lipinski definition) is 1. The minimum atomic E-state index is -0.960. The molecule has 0 radical (unpaired) electrons. The van der Waals surface area contributed by atoms with E-state index in [1.165, 1.54) is 31.2 Å². The van der Waals surface area contributed by atoms with Crippen molar-refractivity contribution in [2.75, 3.05) is 20.2 Å². The zero-order valence-corrected chi connectivity index (χ0v) is 27.4. The Balaban J connectivity index is 1.81. The SMILES string of the molecule is CCCCCCCN(C)[C@@H]1[C@@H](OCC(C)(O)C(C)(C)CCCC)[C@@H](OCc2ccccc2)C[C@H]1OCc1ccccc1. The zero-order chi connectivity index (χ0) is 30.4. The van der Waals surface area contributed by atoms with Crippen molar-refractivity contribution in [3.63, 3.8) is 0 Å². The number of nitrogens with zero attached hydrogens (tertiary/aromatic N) is 1. The lowest BCUT2D eigenvalue weighted by atomic mass is 9.73. The van der Waals surface area contributed by atoms with Gasteiger partial charge in [0.05, 0.1) is 43.7 Å². The Morgan fingerprint density at radius 2 is 1.29 bits per heavy atom. The van der Waals surface area contributed by atoms with E-state index in [4.69, 9.17) is 14.2 Å². The molecule has 5 atom stereocenters. The van der Waals surface area contributed by atoms with E-state index in [-0.39, 0.29) is 36.4 Å². The predicted molar refractivity (Wildman–Crippen MR) is 174 cm³/mol. The van der Waals surface area contributed by atoms with Crippen LogP contribution in [0, 0.1) is 5.41 Å². The normalized spacial score (nSPS) is 22.5. The quantitative estimate of drug-likeness (QED) is 0.160. The lowest BCUT2D eigenvalue weighted by Gasteiger charge is -2.42. The number of hydrogen-bond acceptors (Lipinski definition) is 5. The van der Waals surface area contributed by atoms with Gasteiger partial charge in [-0.25, -0.2) is 0 Å². The van der Waals surface area contributed by atoms with E-state index in [0.29, 0.717) is 13.2 Å². The van der Waals surface area contributed by atoms with Gasteiger partial charge in [-0.2, -0.15) is 0 Å². The summed E-state index contributed by atoms with van der Waals surface area (Å²) in [6.45, 7) is 13.1. The third kappa shape index (κ3) is 10.4. The fourth-order valence-electron chi connectivity index (χ4n) is 6.01. The molecule has 5 nitrogen and oxygen atoms in total. The molecule has 1 fully saturated rings. The van der Waals surface area contributed by atoms with Crippen LogP contribution in [-0.4, -0.2) is 60.2 Å². The minimum absolute atomic E-state index is 0.0327. The summed E-state index contributed by atoms with van der Waals surface area (Å²) >= 11 is 0. The van der Waals surface area contributed by atoms with Gasteiger partial charge in [-0.15, -0.1) is 0 Å². The molecule has 1 N–H and O–H groups in total. The highest BCUT2D eigenvalue weighted by Crippen LogP contribution is 2.39. The highest BCUT2D eigenvalue weighted by molar-refractivity contribution is 5.15. The second kappa shape index (κ2) is 17.5. The van der Waals surface area contributed by atoms with Crippen molar-refractivity contribution < 1.29 is 19.3 Å². The average Bonchev–Trinajstić information content (AvgIpc) is 3.35. The van der Waals surface area contributed by atoms with Crippen LogP contribution in [-0.2, 0) is 27.4 Å². The Labute approximate surface area is 257 Å². The first-order valence-electron chi connectivity index (χ1n) is 16.5. The van der Waals surface area contributed by atoms with Crippen LogP contribution in [0.5, 0.6) is 0 Å². The first-order chi connectivity index (χ1) is 20.2. The number of unbranched alkanes of at least 4 members (excludes halogenated alkanes) is 5. The molecule has 0 aliphatic heterocycles. The molecule has 3 rings (SSSR count). The summed E-state index contributed by atoms with van der Waals surface area (Å²) in [5, 5.41) is 11.7. The molecule has 236 valence electrons. The highest BCUT2D eigenvalue weighted by atomic mass is 16.6. The molecule has 0 saturated heterocycles. The Kier molecular flexibility index (Phi) is 14.5. The van der Waals surface area contributed by atoms with E-state index in [1.807, 2.05) is 19.1 Å². The number of benzene rings is 2. The van der Waals surface area contributed by atoms with Gasteiger partial charge in [0.15, 0.2) is 0 Å². The maximum Gasteiger partial charge on any atom is 0.102 e. The summed E-state index contributed by atoms with van der Waals surface area (Å²) in [7, 11) is 2.21. The maximum absolute atomic E-state index is 11.7. The van der Waals surface area contributed by atoms with Gasteiger partial charge in [0.25, 0.3) is 0 Å².